The fourth-order valence-electron chi connectivity index (χ4n) is 1.46. The highest BCUT2D eigenvalue weighted by Crippen LogP contribution is 2.32. The minimum Gasteiger partial charge on any atom is -0.390 e. The highest BCUT2D eigenvalue weighted by atomic mass is 16.5. The van der Waals surface area contributed by atoms with E-state index < -0.39 is 36.1 Å². The first-order valence-corrected chi connectivity index (χ1v) is 3.97. The van der Waals surface area contributed by atoms with E-state index in [-0.39, 0.29) is 0 Å². The lowest BCUT2D eigenvalue weighted by molar-refractivity contribution is -0.327. The Hall–Kier alpha value is -0.240. The predicted molar refractivity (Wildman–Crippen MR) is 40.4 cm³/mol. The lowest BCUT2D eigenvalue weighted by atomic mass is 9.77. The van der Waals surface area contributed by atoms with E-state index >= 15 is 0 Å². The number of hydrogen-bond donors (Lipinski definition) is 6. The molecular weight excluding hydrogens is 180 g/mol. The minimum absolute atomic E-state index is 1.14. The Bertz CT molecular complexity index is 175. The second-order valence-electron chi connectivity index (χ2n) is 3.49. The summed E-state index contributed by atoms with van der Waals surface area (Å²) in [5.74, 6) is -3.72. The molecule has 1 fully saturated rings. The van der Waals surface area contributed by atoms with Crippen molar-refractivity contribution in [3.05, 3.63) is 0 Å². The van der Waals surface area contributed by atoms with Crippen molar-refractivity contribution in [2.24, 2.45) is 5.92 Å². The zero-order valence-corrected chi connectivity index (χ0v) is 7.07. The van der Waals surface area contributed by atoms with Crippen molar-refractivity contribution < 1.29 is 30.6 Å². The van der Waals surface area contributed by atoms with Crippen molar-refractivity contribution in [3.8, 4) is 0 Å². The van der Waals surface area contributed by atoms with E-state index in [2.05, 4.69) is 0 Å². The molecule has 5 unspecified atom stereocenters. The standard InChI is InChI=1S/C7H14O6/c1-2-3(8)4(9)5(10)6(11)7(2,12)13/h2-6,8-13H,1H3. The molecule has 1 rings (SSSR count). The van der Waals surface area contributed by atoms with Gasteiger partial charge < -0.3 is 30.6 Å². The van der Waals surface area contributed by atoms with Gasteiger partial charge in [0.05, 0.1) is 6.10 Å². The number of hydrogen-bond acceptors (Lipinski definition) is 6. The average molecular weight is 194 g/mol. The van der Waals surface area contributed by atoms with Crippen molar-refractivity contribution in [1.29, 1.82) is 0 Å². The minimum atomic E-state index is -2.59. The molecule has 6 nitrogen and oxygen atoms in total. The van der Waals surface area contributed by atoms with E-state index in [0.29, 0.717) is 0 Å². The maximum absolute atomic E-state index is 9.24. The topological polar surface area (TPSA) is 121 Å². The molecule has 0 aromatic carbocycles. The fourth-order valence-corrected chi connectivity index (χ4v) is 1.46. The summed E-state index contributed by atoms with van der Waals surface area (Å²) in [5.41, 5.74) is 0. The maximum atomic E-state index is 9.24. The molecule has 1 aliphatic rings. The Morgan fingerprint density at radius 1 is 0.846 bits per heavy atom. The van der Waals surface area contributed by atoms with Gasteiger partial charge in [0.2, 0.25) is 0 Å². The van der Waals surface area contributed by atoms with E-state index in [1.54, 1.807) is 0 Å². The predicted octanol–water partition coefficient (Wildman–Crippen LogP) is -3.24. The van der Waals surface area contributed by atoms with Crippen LogP contribution in [0.3, 0.4) is 0 Å². The van der Waals surface area contributed by atoms with Gasteiger partial charge in [0.25, 0.3) is 0 Å². The van der Waals surface area contributed by atoms with Crippen LogP contribution in [0.5, 0.6) is 0 Å². The van der Waals surface area contributed by atoms with E-state index in [1.165, 1.54) is 6.92 Å². The zero-order chi connectivity index (χ0) is 10.4. The normalized spacial score (nSPS) is 50.5. The first-order chi connectivity index (χ1) is 5.80. The van der Waals surface area contributed by atoms with Crippen LogP contribution >= 0.6 is 0 Å². The van der Waals surface area contributed by atoms with Gasteiger partial charge >= 0.3 is 0 Å². The van der Waals surface area contributed by atoms with Gasteiger partial charge in [0.15, 0.2) is 5.79 Å². The van der Waals surface area contributed by atoms with Gasteiger partial charge in [0.1, 0.15) is 18.3 Å². The summed E-state index contributed by atoms with van der Waals surface area (Å²) in [7, 11) is 0. The van der Waals surface area contributed by atoms with Crippen molar-refractivity contribution in [2.45, 2.75) is 37.1 Å². The second kappa shape index (κ2) is 3.16. The molecule has 13 heavy (non-hydrogen) atoms. The Morgan fingerprint density at radius 2 is 1.31 bits per heavy atom. The Labute approximate surface area is 74.7 Å². The summed E-state index contributed by atoms with van der Waals surface area (Å²) in [4.78, 5) is 0. The molecule has 0 aromatic heterocycles. The highest BCUT2D eigenvalue weighted by Gasteiger charge is 2.55. The molecule has 1 saturated carbocycles. The van der Waals surface area contributed by atoms with Crippen molar-refractivity contribution >= 4 is 0 Å². The van der Waals surface area contributed by atoms with Crippen LogP contribution < -0.4 is 0 Å². The van der Waals surface area contributed by atoms with Gasteiger partial charge in [-0.2, -0.15) is 0 Å². The summed E-state index contributed by atoms with van der Waals surface area (Å²) in [6, 6.07) is 0. The smallest absolute Gasteiger partial charge is 0.197 e. The number of rotatable bonds is 0. The summed E-state index contributed by atoms with van der Waals surface area (Å²) in [6.45, 7) is 1.25. The zero-order valence-electron chi connectivity index (χ0n) is 7.07. The van der Waals surface area contributed by atoms with Crippen LogP contribution in [0.1, 0.15) is 6.92 Å². The van der Waals surface area contributed by atoms with Crippen molar-refractivity contribution in [1.82, 2.24) is 0 Å². The van der Waals surface area contributed by atoms with E-state index in [9.17, 15) is 15.3 Å². The Kier molecular flexibility index (Phi) is 2.63. The third-order valence-electron chi connectivity index (χ3n) is 2.64. The third kappa shape index (κ3) is 1.45. The third-order valence-corrected chi connectivity index (χ3v) is 2.64. The molecule has 5 atom stereocenters. The van der Waals surface area contributed by atoms with Crippen molar-refractivity contribution in [3.63, 3.8) is 0 Å². The average Bonchev–Trinajstić information content (AvgIpc) is 2.09. The summed E-state index contributed by atoms with van der Waals surface area (Å²) in [5, 5.41) is 55.1. The van der Waals surface area contributed by atoms with Crippen LogP contribution in [0.4, 0.5) is 0 Å². The Balaban J connectivity index is 2.93. The number of aliphatic hydroxyl groups excluding tert-OH is 4. The van der Waals surface area contributed by atoms with Gasteiger partial charge in [0, 0.05) is 5.92 Å². The van der Waals surface area contributed by atoms with Gasteiger partial charge in [-0.1, -0.05) is 6.92 Å². The molecule has 0 spiro atoms. The summed E-state index contributed by atoms with van der Waals surface area (Å²) in [6.07, 6.45) is -6.70. The first kappa shape index (κ1) is 10.8. The van der Waals surface area contributed by atoms with Crippen LogP contribution in [0, 0.1) is 5.92 Å². The van der Waals surface area contributed by atoms with Gasteiger partial charge in [-0.25, -0.2) is 0 Å². The molecular formula is C7H14O6. The number of aliphatic hydroxyl groups is 6. The van der Waals surface area contributed by atoms with E-state index in [4.69, 9.17) is 15.3 Å². The van der Waals surface area contributed by atoms with Gasteiger partial charge in [-0.3, -0.25) is 0 Å². The lowest BCUT2D eigenvalue weighted by Crippen LogP contribution is -2.67. The molecule has 0 heterocycles. The fraction of sp³-hybridized carbons (Fsp3) is 1.00. The van der Waals surface area contributed by atoms with Crippen LogP contribution in [0.25, 0.3) is 0 Å². The van der Waals surface area contributed by atoms with Crippen LogP contribution in [0.15, 0.2) is 0 Å². The van der Waals surface area contributed by atoms with Crippen LogP contribution in [-0.4, -0.2) is 60.8 Å². The molecule has 78 valence electrons. The SMILES string of the molecule is CC1C(O)C(O)C(O)C(O)C1(O)O. The van der Waals surface area contributed by atoms with Crippen LogP contribution in [-0.2, 0) is 0 Å². The molecule has 0 aliphatic heterocycles. The summed E-state index contributed by atoms with van der Waals surface area (Å²) < 4.78 is 0. The molecule has 0 amide bonds. The Morgan fingerprint density at radius 3 is 1.77 bits per heavy atom. The monoisotopic (exact) mass is 194 g/mol. The van der Waals surface area contributed by atoms with Crippen LogP contribution in [0.2, 0.25) is 0 Å². The molecule has 0 aromatic rings. The first-order valence-electron chi connectivity index (χ1n) is 3.97. The quantitative estimate of drug-likeness (QED) is 0.225. The largest absolute Gasteiger partial charge is 0.390 e. The van der Waals surface area contributed by atoms with Gasteiger partial charge in [-0.05, 0) is 0 Å². The molecule has 0 bridgehead atoms. The van der Waals surface area contributed by atoms with Gasteiger partial charge in [-0.15, -0.1) is 0 Å². The second-order valence-corrected chi connectivity index (χ2v) is 3.49. The van der Waals surface area contributed by atoms with E-state index in [1.807, 2.05) is 0 Å². The molecule has 6 N–H and O–H groups in total. The summed E-state index contributed by atoms with van der Waals surface area (Å²) >= 11 is 0. The maximum Gasteiger partial charge on any atom is 0.197 e. The van der Waals surface area contributed by atoms with Crippen molar-refractivity contribution in [2.75, 3.05) is 0 Å². The molecule has 0 saturated heterocycles. The molecule has 0 radical (unpaired) electrons. The van der Waals surface area contributed by atoms with E-state index in [0.717, 1.165) is 0 Å². The molecule has 6 heteroatoms. The lowest BCUT2D eigenvalue weighted by Gasteiger charge is -2.45. The highest BCUT2D eigenvalue weighted by molar-refractivity contribution is 5.00. The molecule has 1 aliphatic carbocycles.